The van der Waals surface area contributed by atoms with Crippen molar-refractivity contribution in [2.24, 2.45) is 5.92 Å². The number of ether oxygens (including phenoxy) is 1. The van der Waals surface area contributed by atoms with E-state index in [9.17, 15) is 14.4 Å². The molecule has 0 bridgehead atoms. The molecule has 1 unspecified atom stereocenters. The monoisotopic (exact) mass is 504 g/mol. The highest BCUT2D eigenvalue weighted by molar-refractivity contribution is 7.07. The number of benzene rings is 2. The standard InChI is InChI=1S/C27H28N4O4S/c1-29(15-20-16-36-17-28-20)25(32)19-5-4-12-30(14-19)23-7-3-6-22-24(23)27(34)31(26(22)33)13-18-8-10-21(35-2)11-9-18/h3,6-11,16-17,19H,4-5,12-15H2,1-2H3. The SMILES string of the molecule is COc1ccc(CN2C(=O)c3cccc(N4CCCC(C(=O)N(C)Cc5cscn5)C4)c3C2=O)cc1. The zero-order valence-corrected chi connectivity index (χ0v) is 21.2. The van der Waals surface area contributed by atoms with E-state index < -0.39 is 0 Å². The predicted octanol–water partition coefficient (Wildman–Crippen LogP) is 3.82. The summed E-state index contributed by atoms with van der Waals surface area (Å²) in [6, 6.07) is 12.7. The number of methoxy groups -OCH3 is 1. The molecule has 1 saturated heterocycles. The number of thiazole rings is 1. The van der Waals surface area contributed by atoms with Gasteiger partial charge in [0.25, 0.3) is 11.8 Å². The summed E-state index contributed by atoms with van der Waals surface area (Å²) in [5.41, 5.74) is 5.06. The molecule has 2 aromatic carbocycles. The topological polar surface area (TPSA) is 83.1 Å². The van der Waals surface area contributed by atoms with Crippen molar-refractivity contribution in [3.63, 3.8) is 0 Å². The molecule has 0 N–H and O–H groups in total. The maximum atomic E-state index is 13.5. The van der Waals surface area contributed by atoms with Crippen LogP contribution in [0.3, 0.4) is 0 Å². The van der Waals surface area contributed by atoms with E-state index in [1.165, 1.54) is 16.2 Å². The van der Waals surface area contributed by atoms with Gasteiger partial charge in [-0.1, -0.05) is 18.2 Å². The van der Waals surface area contributed by atoms with Crippen LogP contribution in [0, 0.1) is 5.92 Å². The molecule has 1 fully saturated rings. The van der Waals surface area contributed by atoms with Crippen molar-refractivity contribution in [2.75, 3.05) is 32.1 Å². The van der Waals surface area contributed by atoms with Crippen LogP contribution in [0.5, 0.6) is 5.75 Å². The Morgan fingerprint density at radius 3 is 2.69 bits per heavy atom. The van der Waals surface area contributed by atoms with Crippen LogP contribution in [-0.4, -0.2) is 59.8 Å². The molecule has 36 heavy (non-hydrogen) atoms. The summed E-state index contributed by atoms with van der Waals surface area (Å²) < 4.78 is 5.20. The minimum atomic E-state index is -0.296. The number of hydrogen-bond acceptors (Lipinski definition) is 7. The van der Waals surface area contributed by atoms with E-state index in [0.717, 1.165) is 42.1 Å². The molecule has 2 aliphatic rings. The summed E-state index contributed by atoms with van der Waals surface area (Å²) in [6.45, 7) is 1.91. The molecule has 186 valence electrons. The van der Waals surface area contributed by atoms with Crippen molar-refractivity contribution in [1.82, 2.24) is 14.8 Å². The number of amides is 3. The Kier molecular flexibility index (Phi) is 6.73. The molecule has 2 aliphatic heterocycles. The van der Waals surface area contributed by atoms with E-state index >= 15 is 0 Å². The number of hydrogen-bond donors (Lipinski definition) is 0. The fraction of sp³-hybridized carbons (Fsp3) is 0.333. The van der Waals surface area contributed by atoms with Crippen molar-refractivity contribution in [1.29, 1.82) is 0 Å². The normalized spacial score (nSPS) is 17.3. The van der Waals surface area contributed by atoms with Crippen molar-refractivity contribution in [3.8, 4) is 5.75 Å². The highest BCUT2D eigenvalue weighted by Crippen LogP contribution is 2.35. The van der Waals surface area contributed by atoms with Crippen molar-refractivity contribution in [2.45, 2.75) is 25.9 Å². The quantitative estimate of drug-likeness (QED) is 0.455. The first-order valence-corrected chi connectivity index (χ1v) is 12.9. The second kappa shape index (κ2) is 10.1. The van der Waals surface area contributed by atoms with Crippen LogP contribution < -0.4 is 9.64 Å². The van der Waals surface area contributed by atoms with Crippen LogP contribution in [0.15, 0.2) is 53.4 Å². The lowest BCUT2D eigenvalue weighted by Gasteiger charge is -2.36. The number of aromatic nitrogens is 1. The number of piperidine rings is 1. The highest BCUT2D eigenvalue weighted by atomic mass is 32.1. The predicted molar refractivity (Wildman–Crippen MR) is 137 cm³/mol. The Labute approximate surface area is 214 Å². The summed E-state index contributed by atoms with van der Waals surface area (Å²) in [5.74, 6) is 0.0234. The van der Waals surface area contributed by atoms with Gasteiger partial charge in [-0.3, -0.25) is 19.3 Å². The Morgan fingerprint density at radius 2 is 1.97 bits per heavy atom. The van der Waals surface area contributed by atoms with Gasteiger partial charge in [-0.2, -0.15) is 0 Å². The molecule has 0 spiro atoms. The second-order valence-electron chi connectivity index (χ2n) is 9.20. The third-order valence-corrected chi connectivity index (χ3v) is 7.48. The molecule has 3 amide bonds. The highest BCUT2D eigenvalue weighted by Gasteiger charge is 2.39. The fourth-order valence-corrected chi connectivity index (χ4v) is 5.53. The number of fused-ring (bicyclic) bond motifs is 1. The average molecular weight is 505 g/mol. The van der Waals surface area contributed by atoms with Gasteiger partial charge in [0.05, 0.1) is 54.1 Å². The number of anilines is 1. The van der Waals surface area contributed by atoms with E-state index in [2.05, 4.69) is 9.88 Å². The third-order valence-electron chi connectivity index (χ3n) is 6.85. The van der Waals surface area contributed by atoms with Gasteiger partial charge in [-0.15, -0.1) is 11.3 Å². The first-order chi connectivity index (χ1) is 17.5. The van der Waals surface area contributed by atoms with Crippen LogP contribution >= 0.6 is 11.3 Å². The van der Waals surface area contributed by atoms with Crippen molar-refractivity contribution < 1.29 is 19.1 Å². The number of nitrogens with zero attached hydrogens (tertiary/aromatic N) is 4. The molecule has 0 radical (unpaired) electrons. The Hall–Kier alpha value is -3.72. The molecule has 3 aromatic rings. The summed E-state index contributed by atoms with van der Waals surface area (Å²) in [5, 5.41) is 1.95. The Balaban J connectivity index is 1.33. The van der Waals surface area contributed by atoms with Gasteiger partial charge >= 0.3 is 0 Å². The average Bonchev–Trinajstić information content (AvgIpc) is 3.51. The van der Waals surface area contributed by atoms with Gasteiger partial charge in [-0.25, -0.2) is 4.98 Å². The summed E-state index contributed by atoms with van der Waals surface area (Å²) in [7, 11) is 3.40. The minimum Gasteiger partial charge on any atom is -0.497 e. The maximum absolute atomic E-state index is 13.5. The van der Waals surface area contributed by atoms with Crippen molar-refractivity contribution in [3.05, 3.63) is 75.7 Å². The number of carbonyl (C=O) groups is 3. The van der Waals surface area contributed by atoms with E-state index in [4.69, 9.17) is 4.74 Å². The van der Waals surface area contributed by atoms with Crippen LogP contribution in [0.2, 0.25) is 0 Å². The Bertz CT molecular complexity index is 1280. The van der Waals surface area contributed by atoms with E-state index in [1.807, 2.05) is 41.8 Å². The second-order valence-corrected chi connectivity index (χ2v) is 9.92. The minimum absolute atomic E-state index is 0.0730. The van der Waals surface area contributed by atoms with Crippen LogP contribution in [0.4, 0.5) is 5.69 Å². The summed E-state index contributed by atoms with van der Waals surface area (Å²) in [6.07, 6.45) is 1.63. The molecule has 5 rings (SSSR count). The molecular formula is C27H28N4O4S. The van der Waals surface area contributed by atoms with E-state index in [0.29, 0.717) is 24.2 Å². The molecule has 0 saturated carbocycles. The van der Waals surface area contributed by atoms with Crippen molar-refractivity contribution >= 4 is 34.7 Å². The lowest BCUT2D eigenvalue weighted by Crippen LogP contribution is -2.44. The zero-order chi connectivity index (χ0) is 25.2. The van der Waals surface area contributed by atoms with Crippen LogP contribution in [-0.2, 0) is 17.9 Å². The molecule has 1 aromatic heterocycles. The number of rotatable bonds is 7. The number of carbonyl (C=O) groups excluding carboxylic acids is 3. The van der Waals surface area contributed by atoms with E-state index in [-0.39, 0.29) is 30.2 Å². The zero-order valence-electron chi connectivity index (χ0n) is 20.3. The summed E-state index contributed by atoms with van der Waals surface area (Å²) >= 11 is 1.51. The molecular weight excluding hydrogens is 476 g/mol. The van der Waals surface area contributed by atoms with Gasteiger partial charge in [0.2, 0.25) is 5.91 Å². The van der Waals surface area contributed by atoms with Gasteiger partial charge in [0.1, 0.15) is 5.75 Å². The molecule has 0 aliphatic carbocycles. The first kappa shape index (κ1) is 24.0. The van der Waals surface area contributed by atoms with Gasteiger partial charge in [0, 0.05) is 25.5 Å². The van der Waals surface area contributed by atoms with Gasteiger partial charge in [-0.05, 0) is 42.7 Å². The van der Waals surface area contributed by atoms with Crippen LogP contribution in [0.1, 0.15) is 44.8 Å². The van der Waals surface area contributed by atoms with E-state index in [1.54, 1.807) is 30.6 Å². The molecule has 9 heteroatoms. The molecule has 8 nitrogen and oxygen atoms in total. The molecule has 3 heterocycles. The molecule has 1 atom stereocenters. The van der Waals surface area contributed by atoms with Crippen LogP contribution in [0.25, 0.3) is 0 Å². The first-order valence-electron chi connectivity index (χ1n) is 12.0. The number of imide groups is 1. The largest absolute Gasteiger partial charge is 0.497 e. The fourth-order valence-electron chi connectivity index (χ4n) is 4.98. The smallest absolute Gasteiger partial charge is 0.263 e. The lowest BCUT2D eigenvalue weighted by atomic mass is 9.95. The third kappa shape index (κ3) is 4.58. The lowest BCUT2D eigenvalue weighted by molar-refractivity contribution is -0.135. The van der Waals surface area contributed by atoms with Gasteiger partial charge in [0.15, 0.2) is 0 Å². The Morgan fingerprint density at radius 1 is 1.17 bits per heavy atom. The maximum Gasteiger partial charge on any atom is 0.263 e. The summed E-state index contributed by atoms with van der Waals surface area (Å²) in [4.78, 5) is 49.2. The van der Waals surface area contributed by atoms with Gasteiger partial charge < -0.3 is 14.5 Å².